The molecule has 0 fully saturated rings. The van der Waals surface area contributed by atoms with Crippen LogP contribution in [0.3, 0.4) is 0 Å². The SMILES string of the molecule is COc1ccc(SCC(=O)Nc2cn(C)nc2C(=O)N(C)C)cc1. The van der Waals surface area contributed by atoms with Crippen LogP contribution in [0.2, 0.25) is 0 Å². The Morgan fingerprint density at radius 1 is 1.29 bits per heavy atom. The van der Waals surface area contributed by atoms with E-state index in [0.29, 0.717) is 5.69 Å². The molecular weight excluding hydrogens is 328 g/mol. The van der Waals surface area contributed by atoms with E-state index in [0.717, 1.165) is 10.6 Å². The Labute approximate surface area is 145 Å². The lowest BCUT2D eigenvalue weighted by Gasteiger charge is -2.10. The number of thioether (sulfide) groups is 1. The second-order valence-corrected chi connectivity index (χ2v) is 6.33. The first-order valence-electron chi connectivity index (χ1n) is 7.22. The summed E-state index contributed by atoms with van der Waals surface area (Å²) in [4.78, 5) is 26.6. The molecule has 1 heterocycles. The minimum atomic E-state index is -0.256. The molecule has 7 nitrogen and oxygen atoms in total. The zero-order chi connectivity index (χ0) is 17.7. The maximum absolute atomic E-state index is 12.1. The number of aryl methyl sites for hydroxylation is 1. The fourth-order valence-corrected chi connectivity index (χ4v) is 2.66. The van der Waals surface area contributed by atoms with Crippen LogP contribution in [0.15, 0.2) is 35.4 Å². The number of hydrogen-bond donors (Lipinski definition) is 1. The van der Waals surface area contributed by atoms with Crippen LogP contribution in [0, 0.1) is 0 Å². The molecule has 0 bridgehead atoms. The van der Waals surface area contributed by atoms with Crippen molar-refractivity contribution in [1.29, 1.82) is 0 Å². The average Bonchev–Trinajstić information content (AvgIpc) is 2.92. The predicted molar refractivity (Wildman–Crippen MR) is 93.6 cm³/mol. The third-order valence-electron chi connectivity index (χ3n) is 3.14. The van der Waals surface area contributed by atoms with Crippen LogP contribution in [-0.2, 0) is 11.8 Å². The van der Waals surface area contributed by atoms with Gasteiger partial charge >= 0.3 is 0 Å². The van der Waals surface area contributed by atoms with Gasteiger partial charge in [0.15, 0.2) is 5.69 Å². The predicted octanol–water partition coefficient (Wildman–Crippen LogP) is 1.86. The third-order valence-corrected chi connectivity index (χ3v) is 4.15. The maximum Gasteiger partial charge on any atom is 0.276 e. The average molecular weight is 348 g/mol. The van der Waals surface area contributed by atoms with Crippen LogP contribution in [0.5, 0.6) is 5.75 Å². The van der Waals surface area contributed by atoms with Gasteiger partial charge in [-0.25, -0.2) is 0 Å². The van der Waals surface area contributed by atoms with Gasteiger partial charge in [-0.2, -0.15) is 5.10 Å². The van der Waals surface area contributed by atoms with Crippen molar-refractivity contribution in [2.75, 3.05) is 32.3 Å². The van der Waals surface area contributed by atoms with Crippen LogP contribution in [0.25, 0.3) is 0 Å². The summed E-state index contributed by atoms with van der Waals surface area (Å²) in [5.74, 6) is 0.549. The topological polar surface area (TPSA) is 76.5 Å². The molecule has 24 heavy (non-hydrogen) atoms. The number of rotatable bonds is 6. The second kappa shape index (κ2) is 7.87. The molecule has 0 saturated heterocycles. The standard InChI is InChI=1S/C16H20N4O3S/c1-19(2)16(22)15-13(9-20(3)18-15)17-14(21)10-24-12-7-5-11(23-4)6-8-12/h5-9H,10H2,1-4H3,(H,17,21). The lowest BCUT2D eigenvalue weighted by atomic mass is 10.3. The molecule has 0 radical (unpaired) electrons. The molecule has 1 N–H and O–H groups in total. The molecule has 0 aliphatic heterocycles. The molecule has 0 unspecified atom stereocenters. The van der Waals surface area contributed by atoms with Crippen molar-refractivity contribution in [3.63, 3.8) is 0 Å². The minimum absolute atomic E-state index is 0.198. The van der Waals surface area contributed by atoms with Crippen LogP contribution < -0.4 is 10.1 Å². The van der Waals surface area contributed by atoms with E-state index in [1.54, 1.807) is 34.4 Å². The van der Waals surface area contributed by atoms with Gasteiger partial charge < -0.3 is 15.0 Å². The summed E-state index contributed by atoms with van der Waals surface area (Å²) < 4.78 is 6.60. The van der Waals surface area contributed by atoms with Crippen LogP contribution in [-0.4, -0.2) is 53.5 Å². The Morgan fingerprint density at radius 2 is 1.96 bits per heavy atom. The summed E-state index contributed by atoms with van der Waals surface area (Å²) in [5, 5.41) is 6.86. The van der Waals surface area contributed by atoms with Crippen molar-refractivity contribution in [2.45, 2.75) is 4.90 Å². The number of nitrogens with one attached hydrogen (secondary N) is 1. The minimum Gasteiger partial charge on any atom is -0.497 e. The Hall–Kier alpha value is -2.48. The van der Waals surface area contributed by atoms with Crippen molar-refractivity contribution in [2.24, 2.45) is 7.05 Å². The molecule has 0 atom stereocenters. The van der Waals surface area contributed by atoms with Crippen molar-refractivity contribution in [1.82, 2.24) is 14.7 Å². The zero-order valence-corrected chi connectivity index (χ0v) is 14.9. The summed E-state index contributed by atoms with van der Waals surface area (Å²) in [6, 6.07) is 7.47. The highest BCUT2D eigenvalue weighted by Gasteiger charge is 2.19. The lowest BCUT2D eigenvalue weighted by molar-refractivity contribution is -0.113. The number of nitrogens with zero attached hydrogens (tertiary/aromatic N) is 3. The summed E-state index contributed by atoms with van der Waals surface area (Å²) in [6.45, 7) is 0. The number of benzene rings is 1. The quantitative estimate of drug-likeness (QED) is 0.807. The maximum atomic E-state index is 12.1. The Kier molecular flexibility index (Phi) is 5.86. The van der Waals surface area contributed by atoms with Crippen LogP contribution in [0.4, 0.5) is 5.69 Å². The highest BCUT2D eigenvalue weighted by Crippen LogP contribution is 2.22. The molecule has 0 aliphatic rings. The molecule has 2 aromatic rings. The van der Waals surface area contributed by atoms with Gasteiger partial charge in [-0.3, -0.25) is 14.3 Å². The van der Waals surface area contributed by atoms with Crippen LogP contribution >= 0.6 is 11.8 Å². The van der Waals surface area contributed by atoms with E-state index in [2.05, 4.69) is 10.4 Å². The monoisotopic (exact) mass is 348 g/mol. The first kappa shape index (κ1) is 17.9. The smallest absolute Gasteiger partial charge is 0.276 e. The molecule has 8 heteroatoms. The number of aromatic nitrogens is 2. The van der Waals surface area contributed by atoms with Gasteiger partial charge in [0.1, 0.15) is 5.75 Å². The Bertz CT molecular complexity index is 725. The molecule has 1 aromatic carbocycles. The first-order valence-corrected chi connectivity index (χ1v) is 8.21. The molecular formula is C16H20N4O3S. The number of amides is 2. The third kappa shape index (κ3) is 4.51. The molecule has 0 aliphatic carbocycles. The summed E-state index contributed by atoms with van der Waals surface area (Å²) >= 11 is 1.40. The highest BCUT2D eigenvalue weighted by atomic mass is 32.2. The van der Waals surface area contributed by atoms with E-state index in [1.165, 1.54) is 21.3 Å². The van der Waals surface area contributed by atoms with E-state index in [4.69, 9.17) is 4.74 Å². The van der Waals surface area contributed by atoms with E-state index in [9.17, 15) is 9.59 Å². The Morgan fingerprint density at radius 3 is 2.54 bits per heavy atom. The van der Waals surface area contributed by atoms with Gasteiger partial charge in [0, 0.05) is 32.2 Å². The van der Waals surface area contributed by atoms with E-state index in [1.807, 2.05) is 24.3 Å². The zero-order valence-electron chi connectivity index (χ0n) is 14.1. The van der Waals surface area contributed by atoms with Crippen molar-refractivity contribution < 1.29 is 14.3 Å². The second-order valence-electron chi connectivity index (χ2n) is 5.28. The number of methoxy groups -OCH3 is 1. The fraction of sp³-hybridized carbons (Fsp3) is 0.312. The van der Waals surface area contributed by atoms with Gasteiger partial charge in [-0.05, 0) is 24.3 Å². The van der Waals surface area contributed by atoms with Gasteiger partial charge in [-0.1, -0.05) is 0 Å². The van der Waals surface area contributed by atoms with Crippen molar-refractivity contribution in [3.05, 3.63) is 36.2 Å². The number of hydrogen-bond acceptors (Lipinski definition) is 5. The normalized spacial score (nSPS) is 10.3. The van der Waals surface area contributed by atoms with Gasteiger partial charge in [0.2, 0.25) is 5.91 Å². The largest absolute Gasteiger partial charge is 0.497 e. The van der Waals surface area contributed by atoms with Gasteiger partial charge in [0.05, 0.1) is 18.6 Å². The van der Waals surface area contributed by atoms with Crippen molar-refractivity contribution in [3.8, 4) is 5.75 Å². The lowest BCUT2D eigenvalue weighted by Crippen LogP contribution is -2.24. The molecule has 1 aromatic heterocycles. The van der Waals surface area contributed by atoms with Gasteiger partial charge in [-0.15, -0.1) is 11.8 Å². The molecule has 2 rings (SSSR count). The van der Waals surface area contributed by atoms with E-state index in [-0.39, 0.29) is 23.3 Å². The number of anilines is 1. The van der Waals surface area contributed by atoms with Crippen molar-refractivity contribution >= 4 is 29.3 Å². The number of carbonyl (C=O) groups excluding carboxylic acids is 2. The van der Waals surface area contributed by atoms with Crippen LogP contribution in [0.1, 0.15) is 10.5 Å². The Balaban J connectivity index is 1.98. The fourth-order valence-electron chi connectivity index (χ4n) is 1.96. The molecule has 0 saturated carbocycles. The number of carbonyl (C=O) groups is 2. The van der Waals surface area contributed by atoms with Gasteiger partial charge in [0.25, 0.3) is 5.91 Å². The summed E-state index contributed by atoms with van der Waals surface area (Å²) in [6.07, 6.45) is 1.62. The summed E-state index contributed by atoms with van der Waals surface area (Å²) in [5.41, 5.74) is 0.641. The molecule has 128 valence electrons. The molecule has 0 spiro atoms. The summed E-state index contributed by atoms with van der Waals surface area (Å²) in [7, 11) is 6.59. The molecule has 2 amide bonds. The van der Waals surface area contributed by atoms with E-state index >= 15 is 0 Å². The number of ether oxygens (including phenoxy) is 1. The van der Waals surface area contributed by atoms with E-state index < -0.39 is 0 Å². The highest BCUT2D eigenvalue weighted by molar-refractivity contribution is 8.00. The first-order chi connectivity index (χ1) is 11.4.